The SMILES string of the molecule is C#Cc1cccc(C2(N)CCC(O)CC2)c1. The second kappa shape index (κ2) is 4.29. The van der Waals surface area contributed by atoms with Crippen LogP contribution in [0.5, 0.6) is 0 Å². The zero-order valence-corrected chi connectivity index (χ0v) is 9.32. The summed E-state index contributed by atoms with van der Waals surface area (Å²) in [6, 6.07) is 7.87. The summed E-state index contributed by atoms with van der Waals surface area (Å²) in [4.78, 5) is 0. The molecule has 0 bridgehead atoms. The Hall–Kier alpha value is -1.30. The largest absolute Gasteiger partial charge is 0.393 e. The molecule has 0 unspecified atom stereocenters. The lowest BCUT2D eigenvalue weighted by molar-refractivity contribution is 0.0969. The van der Waals surface area contributed by atoms with E-state index >= 15 is 0 Å². The van der Waals surface area contributed by atoms with E-state index in [1.807, 2.05) is 24.3 Å². The molecule has 16 heavy (non-hydrogen) atoms. The third-order valence-corrected chi connectivity index (χ3v) is 3.45. The third kappa shape index (κ3) is 2.11. The molecule has 1 aliphatic carbocycles. The van der Waals surface area contributed by atoms with Gasteiger partial charge in [-0.05, 0) is 43.4 Å². The molecule has 0 aliphatic heterocycles. The van der Waals surface area contributed by atoms with E-state index in [1.165, 1.54) is 0 Å². The van der Waals surface area contributed by atoms with Crippen molar-refractivity contribution in [2.24, 2.45) is 5.73 Å². The van der Waals surface area contributed by atoms with Crippen LogP contribution in [0, 0.1) is 12.3 Å². The summed E-state index contributed by atoms with van der Waals surface area (Å²) in [7, 11) is 0. The monoisotopic (exact) mass is 215 g/mol. The van der Waals surface area contributed by atoms with Crippen LogP contribution in [0.1, 0.15) is 36.8 Å². The summed E-state index contributed by atoms with van der Waals surface area (Å²) in [5.41, 5.74) is 8.03. The molecule has 2 heteroatoms. The van der Waals surface area contributed by atoms with Crippen LogP contribution in [0.15, 0.2) is 24.3 Å². The zero-order valence-electron chi connectivity index (χ0n) is 9.32. The van der Waals surface area contributed by atoms with Gasteiger partial charge >= 0.3 is 0 Å². The fraction of sp³-hybridized carbons (Fsp3) is 0.429. The van der Waals surface area contributed by atoms with E-state index in [0.29, 0.717) is 0 Å². The molecule has 1 aromatic rings. The molecule has 1 aliphatic rings. The first kappa shape index (κ1) is 11.2. The molecule has 0 amide bonds. The first-order valence-corrected chi connectivity index (χ1v) is 5.68. The van der Waals surface area contributed by atoms with Gasteiger partial charge in [-0.25, -0.2) is 0 Å². The molecule has 2 rings (SSSR count). The minimum Gasteiger partial charge on any atom is -0.393 e. The number of terminal acetylenes is 1. The number of benzene rings is 1. The summed E-state index contributed by atoms with van der Waals surface area (Å²) in [6.45, 7) is 0. The van der Waals surface area contributed by atoms with Crippen molar-refractivity contribution < 1.29 is 5.11 Å². The first-order valence-electron chi connectivity index (χ1n) is 5.68. The van der Waals surface area contributed by atoms with Crippen molar-refractivity contribution in [2.75, 3.05) is 0 Å². The average Bonchev–Trinajstić information content (AvgIpc) is 2.33. The van der Waals surface area contributed by atoms with Crippen molar-refractivity contribution in [1.29, 1.82) is 0 Å². The molecule has 0 radical (unpaired) electrons. The van der Waals surface area contributed by atoms with Crippen molar-refractivity contribution in [1.82, 2.24) is 0 Å². The molecule has 1 saturated carbocycles. The van der Waals surface area contributed by atoms with Gasteiger partial charge in [0.2, 0.25) is 0 Å². The lowest BCUT2D eigenvalue weighted by Gasteiger charge is -2.36. The summed E-state index contributed by atoms with van der Waals surface area (Å²) >= 11 is 0. The maximum atomic E-state index is 9.50. The van der Waals surface area contributed by atoms with Crippen LogP contribution in [-0.4, -0.2) is 11.2 Å². The highest BCUT2D eigenvalue weighted by Gasteiger charge is 2.32. The number of nitrogens with two attached hydrogens (primary N) is 1. The van der Waals surface area contributed by atoms with Crippen LogP contribution in [0.2, 0.25) is 0 Å². The van der Waals surface area contributed by atoms with E-state index in [1.54, 1.807) is 0 Å². The molecule has 84 valence electrons. The Balaban J connectivity index is 2.26. The number of aliphatic hydroxyl groups excluding tert-OH is 1. The predicted octanol–water partition coefficient (Wildman–Crippen LogP) is 1.76. The molecule has 0 atom stereocenters. The Morgan fingerprint density at radius 3 is 2.69 bits per heavy atom. The van der Waals surface area contributed by atoms with Crippen LogP contribution in [0.3, 0.4) is 0 Å². The van der Waals surface area contributed by atoms with Crippen molar-refractivity contribution in [3.63, 3.8) is 0 Å². The predicted molar refractivity (Wildman–Crippen MR) is 64.7 cm³/mol. The normalized spacial score (nSPS) is 29.7. The van der Waals surface area contributed by atoms with Gasteiger partial charge in [-0.1, -0.05) is 18.1 Å². The second-order valence-corrected chi connectivity index (χ2v) is 4.61. The molecular weight excluding hydrogens is 198 g/mol. The smallest absolute Gasteiger partial charge is 0.0541 e. The molecule has 0 spiro atoms. The van der Waals surface area contributed by atoms with Gasteiger partial charge in [0.25, 0.3) is 0 Å². The second-order valence-electron chi connectivity index (χ2n) is 4.61. The highest BCUT2D eigenvalue weighted by atomic mass is 16.3. The topological polar surface area (TPSA) is 46.2 Å². The number of rotatable bonds is 1. The highest BCUT2D eigenvalue weighted by Crippen LogP contribution is 2.35. The van der Waals surface area contributed by atoms with Crippen molar-refractivity contribution in [2.45, 2.75) is 37.3 Å². The summed E-state index contributed by atoms with van der Waals surface area (Å²) in [5.74, 6) is 2.63. The Morgan fingerprint density at radius 2 is 2.06 bits per heavy atom. The minimum absolute atomic E-state index is 0.188. The van der Waals surface area contributed by atoms with Gasteiger partial charge in [0.05, 0.1) is 6.10 Å². The van der Waals surface area contributed by atoms with Crippen molar-refractivity contribution in [3.05, 3.63) is 35.4 Å². The molecule has 0 saturated heterocycles. The molecule has 3 N–H and O–H groups in total. The zero-order chi connectivity index (χ0) is 11.6. The Kier molecular flexibility index (Phi) is 3.00. The molecule has 0 heterocycles. The van der Waals surface area contributed by atoms with Gasteiger partial charge in [-0.2, -0.15) is 0 Å². The van der Waals surface area contributed by atoms with E-state index in [9.17, 15) is 5.11 Å². The molecule has 2 nitrogen and oxygen atoms in total. The van der Waals surface area contributed by atoms with Gasteiger partial charge in [0, 0.05) is 11.1 Å². The molecule has 1 fully saturated rings. The van der Waals surface area contributed by atoms with Gasteiger partial charge in [0.1, 0.15) is 0 Å². The maximum absolute atomic E-state index is 9.50. The van der Waals surface area contributed by atoms with Crippen LogP contribution in [0.4, 0.5) is 0 Å². The van der Waals surface area contributed by atoms with E-state index in [-0.39, 0.29) is 11.6 Å². The standard InChI is InChI=1S/C14H17NO/c1-2-11-4-3-5-12(10-11)14(15)8-6-13(16)7-9-14/h1,3-5,10,13,16H,6-9,15H2. The quantitative estimate of drug-likeness (QED) is 0.701. The Labute approximate surface area is 96.5 Å². The molecular formula is C14H17NO. The fourth-order valence-corrected chi connectivity index (χ4v) is 2.33. The van der Waals surface area contributed by atoms with E-state index < -0.39 is 0 Å². The lowest BCUT2D eigenvalue weighted by atomic mass is 9.76. The maximum Gasteiger partial charge on any atom is 0.0541 e. The Bertz CT molecular complexity index is 411. The van der Waals surface area contributed by atoms with E-state index in [0.717, 1.165) is 36.8 Å². The fourth-order valence-electron chi connectivity index (χ4n) is 2.33. The van der Waals surface area contributed by atoms with Crippen molar-refractivity contribution in [3.8, 4) is 12.3 Å². The number of aliphatic hydroxyl groups is 1. The summed E-state index contributed by atoms with van der Waals surface area (Å²) in [5, 5.41) is 9.50. The van der Waals surface area contributed by atoms with E-state index in [2.05, 4.69) is 5.92 Å². The third-order valence-electron chi connectivity index (χ3n) is 3.45. The molecule has 1 aromatic carbocycles. The van der Waals surface area contributed by atoms with Gasteiger partial charge in [-0.15, -0.1) is 6.42 Å². The van der Waals surface area contributed by atoms with Crippen molar-refractivity contribution >= 4 is 0 Å². The number of hydrogen-bond acceptors (Lipinski definition) is 2. The first-order chi connectivity index (χ1) is 7.64. The lowest BCUT2D eigenvalue weighted by Crippen LogP contribution is -2.41. The van der Waals surface area contributed by atoms with Crippen LogP contribution < -0.4 is 5.73 Å². The van der Waals surface area contributed by atoms with Gasteiger partial charge in [0.15, 0.2) is 0 Å². The van der Waals surface area contributed by atoms with E-state index in [4.69, 9.17) is 12.2 Å². The average molecular weight is 215 g/mol. The van der Waals surface area contributed by atoms with Gasteiger partial charge < -0.3 is 10.8 Å². The number of hydrogen-bond donors (Lipinski definition) is 2. The highest BCUT2D eigenvalue weighted by molar-refractivity contribution is 5.38. The van der Waals surface area contributed by atoms with Crippen LogP contribution in [-0.2, 0) is 5.54 Å². The van der Waals surface area contributed by atoms with Crippen LogP contribution >= 0.6 is 0 Å². The summed E-state index contributed by atoms with van der Waals surface area (Å²) in [6.07, 6.45) is 8.39. The van der Waals surface area contributed by atoms with Crippen LogP contribution in [0.25, 0.3) is 0 Å². The minimum atomic E-state index is -0.313. The van der Waals surface area contributed by atoms with Gasteiger partial charge in [-0.3, -0.25) is 0 Å². The Morgan fingerprint density at radius 1 is 1.38 bits per heavy atom. The molecule has 0 aromatic heterocycles. The summed E-state index contributed by atoms with van der Waals surface area (Å²) < 4.78 is 0.